The number of carbonyl (C=O) groups is 3. The van der Waals surface area contributed by atoms with E-state index in [-0.39, 0.29) is 12.3 Å². The van der Waals surface area contributed by atoms with Gasteiger partial charge < -0.3 is 100 Å². The van der Waals surface area contributed by atoms with Crippen LogP contribution in [-0.2, 0) is 42.8 Å². The lowest BCUT2D eigenvalue weighted by Gasteiger charge is -2.50. The van der Waals surface area contributed by atoms with Crippen molar-refractivity contribution in [1.82, 2.24) is 10.6 Å². The first-order valence-electron chi connectivity index (χ1n) is 44.2. The molecule has 0 radical (unpaired) electrons. The van der Waals surface area contributed by atoms with Crippen LogP contribution in [0, 0.1) is 0 Å². The molecule has 18 unspecified atom stereocenters. The van der Waals surface area contributed by atoms with Crippen LogP contribution in [0.2, 0.25) is 0 Å². The molecule has 0 aromatic heterocycles. The summed E-state index contributed by atoms with van der Waals surface area (Å²) in [4.78, 5) is 38.8. The average Bonchev–Trinajstić information content (AvgIpc) is 0.753. The van der Waals surface area contributed by atoms with Crippen LogP contribution in [0.1, 0.15) is 367 Å². The summed E-state index contributed by atoms with van der Waals surface area (Å²) in [6.45, 7) is 2.21. The molecule has 109 heavy (non-hydrogen) atoms. The normalized spacial score (nSPS) is 25.8. The minimum absolute atomic E-state index is 0.203. The number of hydrogen-bond acceptors (Lipinski definition) is 20. The van der Waals surface area contributed by atoms with Crippen molar-refractivity contribution in [2.24, 2.45) is 0 Å². The highest BCUT2D eigenvalue weighted by Crippen LogP contribution is 2.39. The third kappa shape index (κ3) is 43.7. The van der Waals surface area contributed by atoms with Crippen molar-refractivity contribution >= 4 is 17.8 Å². The number of carboxylic acid groups (broad SMARTS) is 1. The highest BCUT2D eigenvalue weighted by molar-refractivity contribution is 5.77. The van der Waals surface area contributed by atoms with Gasteiger partial charge in [-0.3, -0.25) is 9.59 Å². The first-order chi connectivity index (χ1) is 52.9. The average molecular weight is 1560 g/mol. The van der Waals surface area contributed by atoms with E-state index in [1.807, 2.05) is 6.08 Å². The summed E-state index contributed by atoms with van der Waals surface area (Å²) in [6.07, 6.45) is 45.0. The maximum absolute atomic E-state index is 13.6. The number of amides is 2. The van der Waals surface area contributed by atoms with Crippen LogP contribution >= 0.6 is 0 Å². The molecule has 3 aliphatic rings. The maximum Gasteiger partial charge on any atom is 0.364 e. The van der Waals surface area contributed by atoms with E-state index >= 15 is 0 Å². The summed E-state index contributed by atoms with van der Waals surface area (Å²) in [6, 6.07) is -2.62. The summed E-state index contributed by atoms with van der Waals surface area (Å²) in [5.74, 6) is -6.13. The standard InChI is InChI=1S/C86H160N2O21/c1-4-6-8-10-12-14-16-18-20-22-24-26-28-30-31-32-33-34-36-38-40-42-44-46-48-50-52-54-56-58-60-73(96)88-67(68(93)59-57-55-53-51-49-47-45-43-41-39-37-35-29-27-25-23-21-19-17-15-13-11-9-7-5-2)65-104-83-78(100)77(99)80(72(64-91)106-83)107-84-79(101)82(76(98)71(63-90)105-84)109-86(85(102)103)61-69(94)74(87-66(3)92)81(108-86)75(97)70(95)62-89/h30-31,57,59,67-72,74-84,89-91,93-95,97-101H,4-29,32-56,58,60-65H2,1-3H3,(H,87,92)(H,88,96)(H,102,103)/b31-30-,59-57+. The van der Waals surface area contributed by atoms with Gasteiger partial charge >= 0.3 is 5.97 Å². The van der Waals surface area contributed by atoms with Crippen molar-refractivity contribution in [2.75, 3.05) is 26.4 Å². The van der Waals surface area contributed by atoms with Crippen LogP contribution < -0.4 is 10.6 Å². The molecule has 3 saturated heterocycles. The number of unbranched alkanes of at least 4 members (excludes halogenated alkanes) is 49. The van der Waals surface area contributed by atoms with Gasteiger partial charge in [0.15, 0.2) is 12.6 Å². The molecule has 0 aromatic carbocycles. The Hall–Kier alpha value is -2.79. The molecule has 23 heteroatoms. The summed E-state index contributed by atoms with van der Waals surface area (Å²) in [7, 11) is 0. The molecule has 0 aliphatic carbocycles. The van der Waals surface area contributed by atoms with Gasteiger partial charge in [-0.25, -0.2) is 4.79 Å². The molecule has 3 fully saturated rings. The number of allylic oxidation sites excluding steroid dienone is 3. The summed E-state index contributed by atoms with van der Waals surface area (Å²) >= 11 is 0. The highest BCUT2D eigenvalue weighted by Gasteiger charge is 2.60. The molecule has 0 bridgehead atoms. The van der Waals surface area contributed by atoms with Crippen molar-refractivity contribution < 1.29 is 104 Å². The third-order valence-corrected chi connectivity index (χ3v) is 22.4. The SMILES string of the molecule is CCCCCCCCCCCCCC/C=C\CCCCCCCCCCCCCCCCC(=O)NC(COC1OC(CO)C(OC2OC(CO)C(O)C(OC3(C(=O)O)CC(O)C(NC(C)=O)C(C(O)C(O)CO)O3)C2O)C(O)C1O)C(O)/C=C/CCCCCCCCCCCCCCCCCCCCCCCCC. The van der Waals surface area contributed by atoms with Crippen molar-refractivity contribution in [3.8, 4) is 0 Å². The number of carbonyl (C=O) groups excluding carboxylic acids is 2. The molecule has 0 spiro atoms. The van der Waals surface area contributed by atoms with Gasteiger partial charge in [-0.2, -0.15) is 0 Å². The van der Waals surface area contributed by atoms with Crippen LogP contribution in [0.4, 0.5) is 0 Å². The topological polar surface area (TPSA) is 373 Å². The number of aliphatic hydroxyl groups excluding tert-OH is 11. The largest absolute Gasteiger partial charge is 0.477 e. The molecule has 23 nitrogen and oxygen atoms in total. The molecule has 0 aromatic rings. The Labute approximate surface area is 657 Å². The number of nitrogens with one attached hydrogen (secondary N) is 2. The van der Waals surface area contributed by atoms with E-state index in [2.05, 4.69) is 36.6 Å². The van der Waals surface area contributed by atoms with Gasteiger partial charge in [-0.15, -0.1) is 0 Å². The number of ether oxygens (including phenoxy) is 6. The van der Waals surface area contributed by atoms with E-state index in [1.54, 1.807) is 6.08 Å². The van der Waals surface area contributed by atoms with E-state index in [4.69, 9.17) is 28.4 Å². The summed E-state index contributed by atoms with van der Waals surface area (Å²) in [5.41, 5.74) is 0. The van der Waals surface area contributed by atoms with Gasteiger partial charge in [-0.05, 0) is 44.9 Å². The second-order valence-electron chi connectivity index (χ2n) is 32.1. The number of aliphatic hydroxyl groups is 11. The number of hydrogen-bond donors (Lipinski definition) is 14. The molecule has 0 saturated carbocycles. The second-order valence-corrected chi connectivity index (χ2v) is 32.1. The Bertz CT molecular complexity index is 2250. The Kier molecular flexibility index (Phi) is 59.3. The molecule has 2 amide bonds. The summed E-state index contributed by atoms with van der Waals surface area (Å²) in [5, 5.41) is 137. The third-order valence-electron chi connectivity index (χ3n) is 22.4. The molecular weight excluding hydrogens is 1400 g/mol. The number of rotatable bonds is 71. The predicted octanol–water partition coefficient (Wildman–Crippen LogP) is 13.5. The van der Waals surface area contributed by atoms with Gasteiger partial charge in [0.25, 0.3) is 5.79 Å². The van der Waals surface area contributed by atoms with Crippen LogP contribution in [-0.4, -0.2) is 215 Å². The zero-order chi connectivity index (χ0) is 79.5. The zero-order valence-electron chi connectivity index (χ0n) is 68.2. The van der Waals surface area contributed by atoms with Crippen LogP contribution in [0.5, 0.6) is 0 Å². The number of carboxylic acids is 1. The summed E-state index contributed by atoms with van der Waals surface area (Å²) < 4.78 is 35.0. The molecule has 18 atom stereocenters. The monoisotopic (exact) mass is 1560 g/mol. The van der Waals surface area contributed by atoms with Crippen molar-refractivity contribution in [3.63, 3.8) is 0 Å². The van der Waals surface area contributed by atoms with E-state index in [0.29, 0.717) is 12.8 Å². The Morgan fingerprint density at radius 2 is 0.862 bits per heavy atom. The van der Waals surface area contributed by atoms with E-state index in [0.717, 1.165) is 51.9 Å². The van der Waals surface area contributed by atoms with Crippen molar-refractivity contribution in [1.29, 1.82) is 0 Å². The predicted molar refractivity (Wildman–Crippen MR) is 426 cm³/mol. The zero-order valence-corrected chi connectivity index (χ0v) is 68.2. The fourth-order valence-electron chi connectivity index (χ4n) is 15.4. The van der Waals surface area contributed by atoms with Gasteiger partial charge in [0.05, 0.1) is 50.7 Å². The fourth-order valence-corrected chi connectivity index (χ4v) is 15.4. The highest BCUT2D eigenvalue weighted by atomic mass is 16.8. The maximum atomic E-state index is 13.6. The van der Waals surface area contributed by atoms with Gasteiger partial charge in [-0.1, -0.05) is 327 Å². The van der Waals surface area contributed by atoms with Crippen LogP contribution in [0.25, 0.3) is 0 Å². The lowest BCUT2D eigenvalue weighted by molar-refractivity contribution is -0.386. The van der Waals surface area contributed by atoms with Crippen LogP contribution in [0.15, 0.2) is 24.3 Å². The Morgan fingerprint density at radius 1 is 0.477 bits per heavy atom. The minimum Gasteiger partial charge on any atom is -0.477 e. The van der Waals surface area contributed by atoms with E-state index in [1.165, 1.54) is 276 Å². The quantitative estimate of drug-likeness (QED) is 0.0199. The van der Waals surface area contributed by atoms with E-state index < -0.39 is 155 Å². The lowest BCUT2D eigenvalue weighted by Crippen LogP contribution is -2.70. The first kappa shape index (κ1) is 100. The van der Waals surface area contributed by atoms with Crippen molar-refractivity contribution in [2.45, 2.75) is 477 Å². The molecule has 3 rings (SSSR count). The van der Waals surface area contributed by atoms with E-state index in [9.17, 15) is 75.7 Å². The van der Waals surface area contributed by atoms with Gasteiger partial charge in [0, 0.05) is 19.8 Å². The Morgan fingerprint density at radius 3 is 1.25 bits per heavy atom. The van der Waals surface area contributed by atoms with Crippen LogP contribution in [0.3, 0.4) is 0 Å². The van der Waals surface area contributed by atoms with Gasteiger partial charge in [0.1, 0.15) is 67.1 Å². The fraction of sp³-hybridized carbons (Fsp3) is 0.919. The molecule has 3 heterocycles. The molecular formula is C86H160N2O21. The molecule has 3 aliphatic heterocycles. The van der Waals surface area contributed by atoms with Crippen molar-refractivity contribution in [3.05, 3.63) is 24.3 Å². The second kappa shape index (κ2) is 64.4. The molecule has 640 valence electrons. The smallest absolute Gasteiger partial charge is 0.364 e. The number of aliphatic carboxylic acids is 1. The minimum atomic E-state index is -3.08. The van der Waals surface area contributed by atoms with Gasteiger partial charge in [0.2, 0.25) is 11.8 Å². The Balaban J connectivity index is 1.48. The lowest BCUT2D eigenvalue weighted by atomic mass is 9.88. The molecule has 14 N–H and O–H groups in total. The first-order valence-corrected chi connectivity index (χ1v) is 44.2.